The number of rotatable bonds is 5. The van der Waals surface area contributed by atoms with E-state index in [0.29, 0.717) is 6.42 Å². The van der Waals surface area contributed by atoms with Crippen molar-refractivity contribution in [3.63, 3.8) is 0 Å². The summed E-state index contributed by atoms with van der Waals surface area (Å²) in [7, 11) is -2.97. The van der Waals surface area contributed by atoms with Crippen molar-refractivity contribution in [2.75, 3.05) is 6.26 Å². The van der Waals surface area contributed by atoms with E-state index >= 15 is 0 Å². The lowest BCUT2D eigenvalue weighted by Gasteiger charge is -2.32. The standard InChI is InChI=1S/C15H27N3O2S/c1-4-12-10-14(18(5-2)17-12)15(16)11-7-6-8-13(9-11)21(3,19)20/h10-11,13,15H,4-9,16H2,1-3H3. The molecule has 0 amide bonds. The van der Waals surface area contributed by atoms with Gasteiger partial charge in [0.25, 0.3) is 0 Å². The third kappa shape index (κ3) is 3.66. The van der Waals surface area contributed by atoms with Gasteiger partial charge in [-0.1, -0.05) is 13.3 Å². The van der Waals surface area contributed by atoms with Crippen LogP contribution in [-0.2, 0) is 22.8 Å². The lowest BCUT2D eigenvalue weighted by atomic mass is 9.82. The molecule has 0 radical (unpaired) electrons. The minimum Gasteiger partial charge on any atom is -0.322 e. The summed E-state index contributed by atoms with van der Waals surface area (Å²) in [5, 5.41) is 4.32. The van der Waals surface area contributed by atoms with Gasteiger partial charge in [-0.05, 0) is 44.6 Å². The molecule has 1 aromatic heterocycles. The number of hydrogen-bond donors (Lipinski definition) is 1. The van der Waals surface area contributed by atoms with Crippen LogP contribution in [0.25, 0.3) is 0 Å². The molecule has 1 fully saturated rings. The highest BCUT2D eigenvalue weighted by Gasteiger charge is 2.33. The second kappa shape index (κ2) is 6.48. The molecule has 0 bridgehead atoms. The van der Waals surface area contributed by atoms with Crippen molar-refractivity contribution in [2.24, 2.45) is 11.7 Å². The summed E-state index contributed by atoms with van der Waals surface area (Å²) in [5.41, 5.74) is 8.57. The van der Waals surface area contributed by atoms with Crippen LogP contribution in [0.5, 0.6) is 0 Å². The van der Waals surface area contributed by atoms with Gasteiger partial charge in [-0.25, -0.2) is 8.42 Å². The maximum absolute atomic E-state index is 11.8. The van der Waals surface area contributed by atoms with Crippen LogP contribution in [0, 0.1) is 5.92 Å². The topological polar surface area (TPSA) is 78.0 Å². The Kier molecular flexibility index (Phi) is 5.09. The molecule has 3 unspecified atom stereocenters. The van der Waals surface area contributed by atoms with Gasteiger partial charge in [-0.3, -0.25) is 4.68 Å². The molecule has 21 heavy (non-hydrogen) atoms. The third-order valence-corrected chi connectivity index (χ3v) is 6.28. The van der Waals surface area contributed by atoms with E-state index in [1.165, 1.54) is 6.26 Å². The molecule has 0 saturated heterocycles. The fraction of sp³-hybridized carbons (Fsp3) is 0.800. The Labute approximate surface area is 127 Å². The first-order valence-corrected chi connectivity index (χ1v) is 9.83. The van der Waals surface area contributed by atoms with Gasteiger partial charge >= 0.3 is 0 Å². The molecule has 0 aliphatic heterocycles. The molecule has 1 aliphatic carbocycles. The maximum atomic E-state index is 11.8. The van der Waals surface area contributed by atoms with E-state index in [2.05, 4.69) is 25.0 Å². The van der Waals surface area contributed by atoms with Crippen molar-refractivity contribution in [3.05, 3.63) is 17.5 Å². The Morgan fingerprint density at radius 2 is 2.14 bits per heavy atom. The molecule has 0 aromatic carbocycles. The molecular formula is C15H27N3O2S. The van der Waals surface area contributed by atoms with Crippen molar-refractivity contribution >= 4 is 9.84 Å². The molecule has 2 rings (SSSR count). The Hall–Kier alpha value is -0.880. The van der Waals surface area contributed by atoms with E-state index in [4.69, 9.17) is 5.73 Å². The molecule has 5 nitrogen and oxygen atoms in total. The minimum atomic E-state index is -2.97. The van der Waals surface area contributed by atoms with Gasteiger partial charge in [0.15, 0.2) is 0 Å². The van der Waals surface area contributed by atoms with Crippen LogP contribution < -0.4 is 5.73 Å². The van der Waals surface area contributed by atoms with E-state index in [9.17, 15) is 8.42 Å². The van der Waals surface area contributed by atoms with Gasteiger partial charge in [0.2, 0.25) is 0 Å². The average Bonchev–Trinajstić information content (AvgIpc) is 2.89. The summed E-state index contributed by atoms with van der Waals surface area (Å²) >= 11 is 0. The lowest BCUT2D eigenvalue weighted by Crippen LogP contribution is -2.33. The molecule has 1 saturated carbocycles. The quantitative estimate of drug-likeness (QED) is 0.902. The van der Waals surface area contributed by atoms with Crippen molar-refractivity contribution in [1.82, 2.24) is 9.78 Å². The largest absolute Gasteiger partial charge is 0.322 e. The van der Waals surface area contributed by atoms with Crippen LogP contribution in [0.1, 0.15) is 57.0 Å². The Morgan fingerprint density at radius 3 is 2.71 bits per heavy atom. The van der Waals surface area contributed by atoms with Gasteiger partial charge in [-0.15, -0.1) is 0 Å². The van der Waals surface area contributed by atoms with Crippen molar-refractivity contribution in [3.8, 4) is 0 Å². The highest BCUT2D eigenvalue weighted by atomic mass is 32.2. The molecule has 0 spiro atoms. The summed E-state index contributed by atoms with van der Waals surface area (Å²) < 4.78 is 25.6. The van der Waals surface area contributed by atoms with E-state index in [0.717, 1.165) is 43.6 Å². The number of hydrogen-bond acceptors (Lipinski definition) is 4. The zero-order valence-electron chi connectivity index (χ0n) is 13.2. The Bertz CT molecular complexity index is 580. The highest BCUT2D eigenvalue weighted by molar-refractivity contribution is 7.91. The molecule has 2 N–H and O–H groups in total. The maximum Gasteiger partial charge on any atom is 0.150 e. The van der Waals surface area contributed by atoms with Crippen molar-refractivity contribution < 1.29 is 8.42 Å². The monoisotopic (exact) mass is 313 g/mol. The summed E-state index contributed by atoms with van der Waals surface area (Å²) in [4.78, 5) is 0. The molecule has 1 aliphatic rings. The fourth-order valence-corrected chi connectivity index (χ4v) is 4.51. The smallest absolute Gasteiger partial charge is 0.150 e. The molecular weight excluding hydrogens is 286 g/mol. The van der Waals surface area contributed by atoms with Gasteiger partial charge in [0.05, 0.1) is 16.6 Å². The zero-order valence-corrected chi connectivity index (χ0v) is 14.1. The number of nitrogens with two attached hydrogens (primary N) is 1. The van der Waals surface area contributed by atoms with Crippen LogP contribution in [0.3, 0.4) is 0 Å². The SMILES string of the molecule is CCc1cc(C(N)C2CCCC(S(C)(=O)=O)C2)n(CC)n1. The van der Waals surface area contributed by atoms with E-state index in [1.807, 2.05) is 4.68 Å². The van der Waals surface area contributed by atoms with Gasteiger partial charge < -0.3 is 5.73 Å². The van der Waals surface area contributed by atoms with Gasteiger partial charge in [-0.2, -0.15) is 5.10 Å². The van der Waals surface area contributed by atoms with Gasteiger partial charge in [0.1, 0.15) is 9.84 Å². The van der Waals surface area contributed by atoms with E-state index < -0.39 is 9.84 Å². The molecule has 1 heterocycles. The number of sulfone groups is 1. The van der Waals surface area contributed by atoms with Crippen LogP contribution in [0.15, 0.2) is 6.07 Å². The van der Waals surface area contributed by atoms with Crippen molar-refractivity contribution in [2.45, 2.75) is 63.8 Å². The van der Waals surface area contributed by atoms with Crippen molar-refractivity contribution in [1.29, 1.82) is 0 Å². The van der Waals surface area contributed by atoms with Crippen LogP contribution in [0.2, 0.25) is 0 Å². The molecule has 3 atom stereocenters. The predicted octanol–water partition coefficient (Wildman–Crippen LogP) is 2.07. The van der Waals surface area contributed by atoms with E-state index in [-0.39, 0.29) is 17.2 Å². The molecule has 6 heteroatoms. The highest BCUT2D eigenvalue weighted by Crippen LogP contribution is 2.35. The second-order valence-corrected chi connectivity index (χ2v) is 8.46. The first-order valence-electron chi connectivity index (χ1n) is 7.87. The Morgan fingerprint density at radius 1 is 1.43 bits per heavy atom. The predicted molar refractivity (Wildman–Crippen MR) is 84.8 cm³/mol. The van der Waals surface area contributed by atoms with Crippen LogP contribution in [-0.4, -0.2) is 29.7 Å². The summed E-state index contributed by atoms with van der Waals surface area (Å²) in [6.45, 7) is 4.94. The first kappa shape index (κ1) is 16.5. The normalized spacial score (nSPS) is 25.0. The van der Waals surface area contributed by atoms with E-state index in [1.54, 1.807) is 0 Å². The molecule has 1 aromatic rings. The third-order valence-electron chi connectivity index (χ3n) is 4.65. The fourth-order valence-electron chi connectivity index (χ4n) is 3.32. The number of aryl methyl sites for hydroxylation is 2. The number of nitrogens with zero attached hydrogens (tertiary/aromatic N) is 2. The first-order chi connectivity index (χ1) is 9.86. The number of aromatic nitrogens is 2. The zero-order chi connectivity index (χ0) is 15.6. The summed E-state index contributed by atoms with van der Waals surface area (Å²) in [6.07, 6.45) is 5.63. The molecule has 120 valence electrons. The minimum absolute atomic E-state index is 0.123. The summed E-state index contributed by atoms with van der Waals surface area (Å²) in [6, 6.07) is 1.96. The lowest BCUT2D eigenvalue weighted by molar-refractivity contribution is 0.299. The Balaban J connectivity index is 2.19. The second-order valence-electron chi connectivity index (χ2n) is 6.13. The van der Waals surface area contributed by atoms with Crippen LogP contribution in [0.4, 0.5) is 0 Å². The van der Waals surface area contributed by atoms with Crippen LogP contribution >= 0.6 is 0 Å². The van der Waals surface area contributed by atoms with Gasteiger partial charge in [0, 0.05) is 18.8 Å². The average molecular weight is 313 g/mol. The summed E-state index contributed by atoms with van der Waals surface area (Å²) in [5.74, 6) is 0.227.